The van der Waals surface area contributed by atoms with Gasteiger partial charge in [0.25, 0.3) is 0 Å². The van der Waals surface area contributed by atoms with Crippen molar-refractivity contribution in [2.75, 3.05) is 38.1 Å². The van der Waals surface area contributed by atoms with Gasteiger partial charge in [0.1, 0.15) is 17.2 Å². The maximum absolute atomic E-state index is 12.8. The molecule has 0 saturated carbocycles. The third kappa shape index (κ3) is 4.38. The first-order chi connectivity index (χ1) is 15.5. The molecule has 1 unspecified atom stereocenters. The van der Waals surface area contributed by atoms with Crippen molar-refractivity contribution in [1.82, 2.24) is 4.98 Å². The van der Waals surface area contributed by atoms with E-state index in [2.05, 4.69) is 10.3 Å². The lowest BCUT2D eigenvalue weighted by Gasteiger charge is -2.16. The van der Waals surface area contributed by atoms with Crippen molar-refractivity contribution in [3.63, 3.8) is 0 Å². The minimum Gasteiger partial charge on any atom is -0.497 e. The van der Waals surface area contributed by atoms with Crippen LogP contribution < -0.4 is 24.4 Å². The molecule has 2 amide bonds. The third-order valence-electron chi connectivity index (χ3n) is 5.30. The molecule has 2 heterocycles. The number of anilines is 2. The van der Waals surface area contributed by atoms with Gasteiger partial charge in [-0.15, -0.1) is 11.3 Å². The van der Waals surface area contributed by atoms with Crippen molar-refractivity contribution in [3.05, 3.63) is 47.8 Å². The number of methoxy groups -OCH3 is 3. The number of nitrogens with one attached hydrogen (secondary N) is 1. The first-order valence-electron chi connectivity index (χ1n) is 9.95. The van der Waals surface area contributed by atoms with Crippen LogP contribution in [-0.4, -0.2) is 44.7 Å². The molecule has 1 saturated heterocycles. The molecule has 9 heteroatoms. The highest BCUT2D eigenvalue weighted by Crippen LogP contribution is 2.35. The van der Waals surface area contributed by atoms with Crippen LogP contribution in [0.1, 0.15) is 6.42 Å². The number of amides is 2. The van der Waals surface area contributed by atoms with Gasteiger partial charge in [-0.3, -0.25) is 9.59 Å². The van der Waals surface area contributed by atoms with E-state index >= 15 is 0 Å². The van der Waals surface area contributed by atoms with E-state index in [0.717, 1.165) is 11.3 Å². The zero-order valence-corrected chi connectivity index (χ0v) is 18.8. The minimum absolute atomic E-state index is 0.0868. The van der Waals surface area contributed by atoms with E-state index in [1.165, 1.54) is 11.3 Å². The summed E-state index contributed by atoms with van der Waals surface area (Å²) in [5.74, 6) is 1.28. The molecule has 1 aliphatic rings. The van der Waals surface area contributed by atoms with E-state index in [4.69, 9.17) is 14.2 Å². The number of carbonyl (C=O) groups is 2. The molecule has 4 rings (SSSR count). The van der Waals surface area contributed by atoms with E-state index in [1.807, 2.05) is 35.7 Å². The predicted molar refractivity (Wildman–Crippen MR) is 123 cm³/mol. The summed E-state index contributed by atoms with van der Waals surface area (Å²) in [6.45, 7) is 0.318. The second kappa shape index (κ2) is 9.27. The summed E-state index contributed by atoms with van der Waals surface area (Å²) in [4.78, 5) is 31.5. The third-order valence-corrected chi connectivity index (χ3v) is 6.05. The van der Waals surface area contributed by atoms with Gasteiger partial charge in [0.05, 0.1) is 32.9 Å². The molecule has 1 aliphatic heterocycles. The highest BCUT2D eigenvalue weighted by atomic mass is 32.1. The fourth-order valence-corrected chi connectivity index (χ4v) is 4.28. The zero-order valence-electron chi connectivity index (χ0n) is 18.0. The smallest absolute Gasteiger partial charge is 0.231 e. The second-order valence-electron chi connectivity index (χ2n) is 7.20. The monoisotopic (exact) mass is 453 g/mol. The molecule has 8 nitrogen and oxygen atoms in total. The highest BCUT2D eigenvalue weighted by molar-refractivity contribution is 7.14. The van der Waals surface area contributed by atoms with Gasteiger partial charge >= 0.3 is 0 Å². The number of rotatable bonds is 7. The van der Waals surface area contributed by atoms with Crippen LogP contribution in [0.3, 0.4) is 0 Å². The molecule has 1 N–H and O–H groups in total. The standard InChI is InChI=1S/C23H23N3O5S/c1-29-16-6-4-15(5-7-16)26-12-14(10-21(26)27)22(28)25-23-24-19(13-32-23)18-11-17(30-2)8-9-20(18)31-3/h4-9,11,13-14H,10,12H2,1-3H3,(H,24,25,28). The molecule has 32 heavy (non-hydrogen) atoms. The molecule has 0 bridgehead atoms. The van der Waals surface area contributed by atoms with Crippen molar-refractivity contribution in [3.8, 4) is 28.5 Å². The molecule has 2 aromatic carbocycles. The van der Waals surface area contributed by atoms with Crippen molar-refractivity contribution in [2.45, 2.75) is 6.42 Å². The van der Waals surface area contributed by atoms with Gasteiger partial charge in [0.2, 0.25) is 11.8 Å². The Labute approximate surface area is 189 Å². The number of nitrogens with zero attached hydrogens (tertiary/aromatic N) is 2. The summed E-state index contributed by atoms with van der Waals surface area (Å²) in [6.07, 6.45) is 0.153. The Bertz CT molecular complexity index is 1130. The molecule has 1 fully saturated rings. The van der Waals surface area contributed by atoms with Crippen LogP contribution in [0.4, 0.5) is 10.8 Å². The Kier molecular flexibility index (Phi) is 6.27. The van der Waals surface area contributed by atoms with E-state index in [-0.39, 0.29) is 18.2 Å². The Morgan fingerprint density at radius 1 is 1.06 bits per heavy atom. The fourth-order valence-electron chi connectivity index (χ4n) is 3.57. The van der Waals surface area contributed by atoms with Gasteiger partial charge in [-0.1, -0.05) is 0 Å². The molecule has 0 aliphatic carbocycles. The van der Waals surface area contributed by atoms with Crippen molar-refractivity contribution in [2.24, 2.45) is 5.92 Å². The molecular formula is C23H23N3O5S. The number of carbonyl (C=O) groups excluding carboxylic acids is 2. The summed E-state index contributed by atoms with van der Waals surface area (Å²) in [6, 6.07) is 12.7. The van der Waals surface area contributed by atoms with Crippen LogP contribution in [0, 0.1) is 5.92 Å². The Hall–Kier alpha value is -3.59. The predicted octanol–water partition coefficient (Wildman–Crippen LogP) is 3.83. The first-order valence-corrected chi connectivity index (χ1v) is 10.8. The molecule has 166 valence electrons. The summed E-state index contributed by atoms with van der Waals surface area (Å²) < 4.78 is 15.9. The van der Waals surface area contributed by atoms with Gasteiger partial charge in [0.15, 0.2) is 5.13 Å². The van der Waals surface area contributed by atoms with E-state index < -0.39 is 5.92 Å². The quantitative estimate of drug-likeness (QED) is 0.585. The summed E-state index contributed by atoms with van der Waals surface area (Å²) >= 11 is 1.31. The van der Waals surface area contributed by atoms with Crippen LogP contribution in [0.25, 0.3) is 11.3 Å². The van der Waals surface area contributed by atoms with Crippen molar-refractivity contribution >= 4 is 34.0 Å². The Balaban J connectivity index is 1.45. The average molecular weight is 454 g/mol. The first kappa shape index (κ1) is 21.6. The summed E-state index contributed by atoms with van der Waals surface area (Å²) in [5.41, 5.74) is 2.18. The lowest BCUT2D eigenvalue weighted by atomic mass is 10.1. The highest BCUT2D eigenvalue weighted by Gasteiger charge is 2.35. The summed E-state index contributed by atoms with van der Waals surface area (Å²) in [7, 11) is 4.77. The SMILES string of the molecule is COc1ccc(N2CC(C(=O)Nc3nc(-c4cc(OC)ccc4OC)cs3)CC2=O)cc1. The van der Waals surface area contributed by atoms with E-state index in [1.54, 1.807) is 38.4 Å². The van der Waals surface area contributed by atoms with E-state index in [0.29, 0.717) is 34.6 Å². The number of aromatic nitrogens is 1. The molecule has 1 aromatic heterocycles. The number of thiazole rings is 1. The van der Waals surface area contributed by atoms with Gasteiger partial charge in [0, 0.05) is 29.6 Å². The average Bonchev–Trinajstić information content (AvgIpc) is 3.45. The molecule has 3 aromatic rings. The van der Waals surface area contributed by atoms with Crippen LogP contribution in [0.15, 0.2) is 47.8 Å². The van der Waals surface area contributed by atoms with Crippen LogP contribution in [0.5, 0.6) is 17.2 Å². The fraction of sp³-hybridized carbons (Fsp3) is 0.261. The Morgan fingerprint density at radius 2 is 1.78 bits per heavy atom. The largest absolute Gasteiger partial charge is 0.497 e. The van der Waals surface area contributed by atoms with Gasteiger partial charge in [-0.25, -0.2) is 4.98 Å². The molecular weight excluding hydrogens is 430 g/mol. The van der Waals surface area contributed by atoms with Crippen molar-refractivity contribution in [1.29, 1.82) is 0 Å². The van der Waals surface area contributed by atoms with Gasteiger partial charge in [-0.05, 0) is 42.5 Å². The lowest BCUT2D eigenvalue weighted by molar-refractivity contribution is -0.122. The normalized spacial score (nSPS) is 15.5. The Morgan fingerprint density at radius 3 is 2.47 bits per heavy atom. The molecule has 1 atom stereocenters. The molecule has 0 spiro atoms. The second-order valence-corrected chi connectivity index (χ2v) is 8.05. The van der Waals surface area contributed by atoms with Crippen molar-refractivity contribution < 1.29 is 23.8 Å². The van der Waals surface area contributed by atoms with Crippen LogP contribution >= 0.6 is 11.3 Å². The minimum atomic E-state index is -0.455. The van der Waals surface area contributed by atoms with E-state index in [9.17, 15) is 9.59 Å². The number of ether oxygens (including phenoxy) is 3. The van der Waals surface area contributed by atoms with Crippen LogP contribution in [0.2, 0.25) is 0 Å². The number of hydrogen-bond donors (Lipinski definition) is 1. The maximum Gasteiger partial charge on any atom is 0.231 e. The van der Waals surface area contributed by atoms with Gasteiger partial charge < -0.3 is 24.4 Å². The number of benzene rings is 2. The zero-order chi connectivity index (χ0) is 22.7. The van der Waals surface area contributed by atoms with Crippen LogP contribution in [-0.2, 0) is 9.59 Å². The maximum atomic E-state index is 12.8. The summed E-state index contributed by atoms with van der Waals surface area (Å²) in [5, 5.41) is 5.16. The molecule has 0 radical (unpaired) electrons. The lowest BCUT2D eigenvalue weighted by Crippen LogP contribution is -2.28. The topological polar surface area (TPSA) is 90.0 Å². The van der Waals surface area contributed by atoms with Gasteiger partial charge in [-0.2, -0.15) is 0 Å². The number of hydrogen-bond acceptors (Lipinski definition) is 7.